The maximum Gasteiger partial charge on any atom is 0.307 e. The molecule has 0 heterocycles. The topological polar surface area (TPSA) is 89.5 Å². The molecule has 0 spiro atoms. The summed E-state index contributed by atoms with van der Waals surface area (Å²) in [7, 11) is -3.72. The smallest absolute Gasteiger partial charge is 0.307 e. The van der Waals surface area contributed by atoms with Gasteiger partial charge in [-0.1, -0.05) is 23.8 Å². The molecule has 2 rings (SSSR count). The van der Waals surface area contributed by atoms with Gasteiger partial charge >= 0.3 is 5.97 Å². The van der Waals surface area contributed by atoms with Crippen LogP contribution in [-0.2, 0) is 19.6 Å². The van der Waals surface area contributed by atoms with Crippen molar-refractivity contribution in [3.63, 3.8) is 0 Å². The molecule has 2 aromatic carbocycles. The third-order valence-corrected chi connectivity index (χ3v) is 6.37. The van der Waals surface area contributed by atoms with Crippen molar-refractivity contribution < 1.29 is 22.7 Å². The molecule has 0 fully saturated rings. The first kappa shape index (κ1) is 22.8. The predicted molar refractivity (Wildman–Crippen MR) is 112 cm³/mol. The van der Waals surface area contributed by atoms with Crippen molar-refractivity contribution >= 4 is 21.8 Å². The van der Waals surface area contributed by atoms with E-state index < -0.39 is 16.0 Å². The lowest BCUT2D eigenvalue weighted by atomic mass is 9.98. The number of benzene rings is 2. The number of ether oxygens (including phenoxy) is 1. The summed E-state index contributed by atoms with van der Waals surface area (Å²) in [5, 5.41) is 0. The van der Waals surface area contributed by atoms with Gasteiger partial charge in [-0.2, -0.15) is 0 Å². The molecule has 0 aromatic heterocycles. The molecule has 0 atom stereocenters. The summed E-state index contributed by atoms with van der Waals surface area (Å²) in [5.41, 5.74) is 5.04. The molecule has 7 heteroatoms. The minimum absolute atomic E-state index is 0.106. The Morgan fingerprint density at radius 1 is 0.897 bits per heavy atom. The van der Waals surface area contributed by atoms with E-state index in [1.54, 1.807) is 25.1 Å². The Bertz CT molecular complexity index is 1040. The van der Waals surface area contributed by atoms with Crippen LogP contribution in [0.4, 0.5) is 0 Å². The summed E-state index contributed by atoms with van der Waals surface area (Å²) in [4.78, 5) is 24.4. The highest BCUT2D eigenvalue weighted by Crippen LogP contribution is 2.17. The first-order valence-electron chi connectivity index (χ1n) is 9.35. The number of hydrogen-bond donors (Lipinski definition) is 1. The molecule has 0 saturated heterocycles. The Morgan fingerprint density at radius 3 is 2.21 bits per heavy atom. The lowest BCUT2D eigenvalue weighted by Crippen LogP contribution is -2.28. The second kappa shape index (κ2) is 9.33. The van der Waals surface area contributed by atoms with Gasteiger partial charge in [0.1, 0.15) is 0 Å². The SMILES string of the molecule is Cc1ccc(S(=O)(=O)NCCC(=O)OCC(=O)c2cc(C)c(C)cc2C)c(C)c1. The van der Waals surface area contributed by atoms with Gasteiger partial charge in [-0.05, 0) is 69.0 Å². The largest absolute Gasteiger partial charge is 0.457 e. The Kier molecular flexibility index (Phi) is 7.32. The van der Waals surface area contributed by atoms with Crippen LogP contribution in [0.25, 0.3) is 0 Å². The maximum absolute atomic E-state index is 12.4. The van der Waals surface area contributed by atoms with Crippen LogP contribution < -0.4 is 4.72 Å². The van der Waals surface area contributed by atoms with Crippen LogP contribution in [-0.4, -0.2) is 33.3 Å². The Hall–Kier alpha value is -2.51. The van der Waals surface area contributed by atoms with E-state index in [9.17, 15) is 18.0 Å². The summed E-state index contributed by atoms with van der Waals surface area (Å²) < 4.78 is 32.2. The van der Waals surface area contributed by atoms with E-state index in [0.29, 0.717) is 11.1 Å². The molecular formula is C22H27NO5S. The van der Waals surface area contributed by atoms with Crippen molar-refractivity contribution in [2.24, 2.45) is 0 Å². The fourth-order valence-corrected chi connectivity index (χ4v) is 4.28. The summed E-state index contributed by atoms with van der Waals surface area (Å²) in [6.45, 7) is 8.85. The summed E-state index contributed by atoms with van der Waals surface area (Å²) in [5.74, 6) is -0.919. The quantitative estimate of drug-likeness (QED) is 0.526. The van der Waals surface area contributed by atoms with Crippen molar-refractivity contribution in [2.45, 2.75) is 45.9 Å². The highest BCUT2D eigenvalue weighted by molar-refractivity contribution is 7.89. The fourth-order valence-electron chi connectivity index (χ4n) is 3.02. The van der Waals surface area contributed by atoms with Gasteiger partial charge in [-0.25, -0.2) is 13.1 Å². The number of carbonyl (C=O) groups excluding carboxylic acids is 2. The number of ketones is 1. The van der Waals surface area contributed by atoms with E-state index in [1.807, 2.05) is 33.8 Å². The second-order valence-electron chi connectivity index (χ2n) is 7.25. The lowest BCUT2D eigenvalue weighted by Gasteiger charge is -2.11. The van der Waals surface area contributed by atoms with Crippen molar-refractivity contribution in [1.82, 2.24) is 4.72 Å². The monoisotopic (exact) mass is 417 g/mol. The van der Waals surface area contributed by atoms with Gasteiger partial charge in [-0.3, -0.25) is 9.59 Å². The number of aryl methyl sites for hydroxylation is 5. The van der Waals surface area contributed by atoms with E-state index in [1.165, 1.54) is 6.07 Å². The van der Waals surface area contributed by atoms with Crippen molar-refractivity contribution in [2.75, 3.05) is 13.2 Å². The molecule has 0 amide bonds. The molecule has 29 heavy (non-hydrogen) atoms. The molecule has 156 valence electrons. The van der Waals surface area contributed by atoms with Crippen molar-refractivity contribution in [3.05, 3.63) is 63.7 Å². The van der Waals surface area contributed by atoms with Gasteiger partial charge in [0.15, 0.2) is 6.61 Å². The van der Waals surface area contributed by atoms with Crippen LogP contribution in [0.15, 0.2) is 35.2 Å². The van der Waals surface area contributed by atoms with Crippen LogP contribution in [0, 0.1) is 34.6 Å². The number of esters is 1. The molecular weight excluding hydrogens is 390 g/mol. The van der Waals surface area contributed by atoms with Crippen LogP contribution >= 0.6 is 0 Å². The molecule has 0 aliphatic heterocycles. The van der Waals surface area contributed by atoms with Gasteiger partial charge in [0.25, 0.3) is 0 Å². The van der Waals surface area contributed by atoms with Crippen LogP contribution in [0.5, 0.6) is 0 Å². The number of sulfonamides is 1. The van der Waals surface area contributed by atoms with E-state index in [4.69, 9.17) is 4.74 Å². The second-order valence-corrected chi connectivity index (χ2v) is 8.99. The highest BCUT2D eigenvalue weighted by atomic mass is 32.2. The maximum atomic E-state index is 12.4. The molecule has 6 nitrogen and oxygen atoms in total. The fraction of sp³-hybridized carbons (Fsp3) is 0.364. The first-order valence-corrected chi connectivity index (χ1v) is 10.8. The number of hydrogen-bond acceptors (Lipinski definition) is 5. The van der Waals surface area contributed by atoms with Crippen LogP contribution in [0.3, 0.4) is 0 Å². The zero-order valence-electron chi connectivity index (χ0n) is 17.5. The third kappa shape index (κ3) is 5.98. The van der Waals surface area contributed by atoms with Crippen LogP contribution in [0.2, 0.25) is 0 Å². The normalized spacial score (nSPS) is 11.3. The molecule has 0 aliphatic carbocycles. The summed E-state index contributed by atoms with van der Waals surface area (Å²) in [6, 6.07) is 8.75. The third-order valence-electron chi connectivity index (χ3n) is 4.75. The van der Waals surface area contributed by atoms with Gasteiger partial charge in [-0.15, -0.1) is 0 Å². The lowest BCUT2D eigenvalue weighted by molar-refractivity contribution is -0.142. The molecule has 0 aliphatic rings. The zero-order valence-corrected chi connectivity index (χ0v) is 18.3. The predicted octanol–water partition coefficient (Wildman–Crippen LogP) is 3.32. The Morgan fingerprint density at radius 2 is 1.55 bits per heavy atom. The molecule has 0 saturated carbocycles. The van der Waals surface area contributed by atoms with Gasteiger partial charge in [0.2, 0.25) is 15.8 Å². The summed E-state index contributed by atoms with van der Waals surface area (Å²) >= 11 is 0. The molecule has 1 N–H and O–H groups in total. The van der Waals surface area contributed by atoms with Gasteiger partial charge in [0, 0.05) is 12.1 Å². The van der Waals surface area contributed by atoms with Crippen LogP contribution in [0.1, 0.15) is 44.6 Å². The number of rotatable bonds is 8. The zero-order chi connectivity index (χ0) is 21.8. The van der Waals surface area contributed by atoms with Gasteiger partial charge in [0.05, 0.1) is 11.3 Å². The number of Topliss-reactive ketones (excluding diaryl/α,β-unsaturated/α-hetero) is 1. The number of carbonyl (C=O) groups is 2. The Labute approximate surface area is 172 Å². The standard InChI is InChI=1S/C22H27NO5S/c1-14-6-7-21(18(5)10-14)29(26,27)23-9-8-22(25)28-13-20(24)19-12-16(3)15(2)11-17(19)4/h6-7,10-12,23H,8-9,13H2,1-5H3. The molecule has 0 bridgehead atoms. The molecule has 0 unspecified atom stereocenters. The van der Waals surface area contributed by atoms with E-state index in [0.717, 1.165) is 22.3 Å². The van der Waals surface area contributed by atoms with E-state index >= 15 is 0 Å². The Balaban J connectivity index is 1.87. The molecule has 2 aromatic rings. The average Bonchev–Trinajstić information content (AvgIpc) is 2.62. The first-order chi connectivity index (χ1) is 13.5. The number of nitrogens with one attached hydrogen (secondary N) is 1. The van der Waals surface area contributed by atoms with Crippen molar-refractivity contribution in [1.29, 1.82) is 0 Å². The van der Waals surface area contributed by atoms with Crippen molar-refractivity contribution in [3.8, 4) is 0 Å². The highest BCUT2D eigenvalue weighted by Gasteiger charge is 2.18. The van der Waals surface area contributed by atoms with Gasteiger partial charge < -0.3 is 4.74 Å². The van der Waals surface area contributed by atoms with E-state index in [2.05, 4.69) is 4.72 Å². The summed E-state index contributed by atoms with van der Waals surface area (Å²) in [6.07, 6.45) is -0.163. The minimum Gasteiger partial charge on any atom is -0.457 e. The molecule has 0 radical (unpaired) electrons. The van der Waals surface area contributed by atoms with E-state index in [-0.39, 0.29) is 30.3 Å². The average molecular weight is 418 g/mol. The minimum atomic E-state index is -3.72.